The van der Waals surface area contributed by atoms with Crippen molar-refractivity contribution in [1.29, 1.82) is 0 Å². The smallest absolute Gasteiger partial charge is 0.230 e. The van der Waals surface area contributed by atoms with Crippen LogP contribution >= 0.6 is 0 Å². The van der Waals surface area contributed by atoms with Crippen LogP contribution < -0.4 is 0 Å². The maximum atomic E-state index is 13.6. The molecule has 3 aromatic rings. The summed E-state index contributed by atoms with van der Waals surface area (Å²) in [5.41, 5.74) is 1.99. The predicted octanol–water partition coefficient (Wildman–Crippen LogP) is 4.27. The molecule has 1 saturated heterocycles. The van der Waals surface area contributed by atoms with Gasteiger partial charge in [0.05, 0.1) is 5.92 Å². The summed E-state index contributed by atoms with van der Waals surface area (Å²) in [5.74, 6) is 1.67. The Kier molecular flexibility index (Phi) is 5.42. The van der Waals surface area contributed by atoms with Crippen molar-refractivity contribution < 1.29 is 4.79 Å². The Bertz CT molecular complexity index is 936. The van der Waals surface area contributed by atoms with E-state index in [4.69, 9.17) is 0 Å². The topological polar surface area (TPSA) is 50.5 Å². The van der Waals surface area contributed by atoms with E-state index in [1.807, 2.05) is 42.6 Å². The Morgan fingerprint density at radius 2 is 1.93 bits per heavy atom. The monoisotopic (exact) mass is 376 g/mol. The van der Waals surface area contributed by atoms with Crippen molar-refractivity contribution in [3.05, 3.63) is 66.1 Å². The van der Waals surface area contributed by atoms with Crippen molar-refractivity contribution in [3.63, 3.8) is 0 Å². The molecule has 1 aliphatic heterocycles. The van der Waals surface area contributed by atoms with Crippen LogP contribution in [0.5, 0.6) is 0 Å². The van der Waals surface area contributed by atoms with Crippen molar-refractivity contribution in [2.75, 3.05) is 13.1 Å². The Labute approximate surface area is 166 Å². The van der Waals surface area contributed by atoms with Crippen molar-refractivity contribution in [3.8, 4) is 0 Å². The molecule has 0 bridgehead atoms. The molecule has 2 aromatic heterocycles. The molecular weight excluding hydrogens is 348 g/mol. The van der Waals surface area contributed by atoms with Gasteiger partial charge in [0.2, 0.25) is 5.91 Å². The fraction of sp³-hybridized carbons (Fsp3) is 0.435. The number of pyridine rings is 1. The maximum absolute atomic E-state index is 13.6. The number of amides is 1. The molecule has 28 heavy (non-hydrogen) atoms. The van der Waals surface area contributed by atoms with E-state index in [1.54, 1.807) is 0 Å². The summed E-state index contributed by atoms with van der Waals surface area (Å²) in [5, 5.41) is 8.74. The second kappa shape index (κ2) is 8.13. The fourth-order valence-corrected chi connectivity index (χ4v) is 4.33. The van der Waals surface area contributed by atoms with E-state index in [9.17, 15) is 4.79 Å². The number of nitrogens with zero attached hydrogens (tertiary/aromatic N) is 4. The Hall–Kier alpha value is -2.69. The number of aromatic nitrogens is 3. The van der Waals surface area contributed by atoms with Gasteiger partial charge in [0.15, 0.2) is 5.65 Å². The molecule has 0 radical (unpaired) electrons. The summed E-state index contributed by atoms with van der Waals surface area (Å²) in [4.78, 5) is 15.6. The lowest BCUT2D eigenvalue weighted by Crippen LogP contribution is -2.43. The van der Waals surface area contributed by atoms with Gasteiger partial charge in [-0.3, -0.25) is 9.20 Å². The van der Waals surface area contributed by atoms with Crippen molar-refractivity contribution >= 4 is 11.6 Å². The molecule has 1 aliphatic rings. The van der Waals surface area contributed by atoms with Gasteiger partial charge in [0, 0.05) is 25.2 Å². The number of benzene rings is 1. The molecule has 1 aromatic carbocycles. The molecule has 3 heterocycles. The van der Waals surface area contributed by atoms with E-state index in [-0.39, 0.29) is 17.7 Å². The molecule has 3 atom stereocenters. The third-order valence-corrected chi connectivity index (χ3v) is 6.08. The largest absolute Gasteiger partial charge is 0.341 e. The van der Waals surface area contributed by atoms with Crippen LogP contribution in [0, 0.1) is 5.92 Å². The Morgan fingerprint density at radius 1 is 1.14 bits per heavy atom. The van der Waals surface area contributed by atoms with Crippen LogP contribution in [0.4, 0.5) is 0 Å². The summed E-state index contributed by atoms with van der Waals surface area (Å²) in [6, 6.07) is 16.2. The lowest BCUT2D eigenvalue weighted by Gasteiger charge is -2.36. The first kappa shape index (κ1) is 18.7. The first-order valence-corrected chi connectivity index (χ1v) is 10.3. The van der Waals surface area contributed by atoms with Crippen LogP contribution in [0.1, 0.15) is 56.3 Å². The zero-order chi connectivity index (χ0) is 19.5. The lowest BCUT2D eigenvalue weighted by molar-refractivity contribution is -0.135. The third-order valence-electron chi connectivity index (χ3n) is 6.08. The van der Waals surface area contributed by atoms with Crippen molar-refractivity contribution in [2.45, 2.75) is 44.9 Å². The molecule has 1 fully saturated rings. The number of carbonyl (C=O) groups is 1. The maximum Gasteiger partial charge on any atom is 0.230 e. The van der Waals surface area contributed by atoms with Gasteiger partial charge >= 0.3 is 0 Å². The first-order valence-electron chi connectivity index (χ1n) is 10.3. The van der Waals surface area contributed by atoms with Crippen LogP contribution in [0.25, 0.3) is 5.65 Å². The second-order valence-electron chi connectivity index (χ2n) is 7.88. The number of hydrogen-bond donors (Lipinski definition) is 0. The summed E-state index contributed by atoms with van der Waals surface area (Å²) >= 11 is 0. The van der Waals surface area contributed by atoms with Crippen LogP contribution in [0.3, 0.4) is 0 Å². The van der Waals surface area contributed by atoms with E-state index in [2.05, 4.69) is 45.5 Å². The Balaban J connectivity index is 1.58. The molecular formula is C23H28N4O. The van der Waals surface area contributed by atoms with Crippen LogP contribution in [-0.2, 0) is 4.79 Å². The van der Waals surface area contributed by atoms with E-state index < -0.39 is 0 Å². The highest BCUT2D eigenvalue weighted by atomic mass is 16.2. The molecule has 4 rings (SSSR count). The quantitative estimate of drug-likeness (QED) is 0.668. The Morgan fingerprint density at radius 3 is 2.71 bits per heavy atom. The van der Waals surface area contributed by atoms with Gasteiger partial charge in [0.1, 0.15) is 5.82 Å². The van der Waals surface area contributed by atoms with Crippen LogP contribution in [0.15, 0.2) is 54.7 Å². The first-order chi connectivity index (χ1) is 13.7. The predicted molar refractivity (Wildman–Crippen MR) is 110 cm³/mol. The van der Waals surface area contributed by atoms with Gasteiger partial charge < -0.3 is 4.90 Å². The molecule has 0 N–H and O–H groups in total. The normalized spacial score (nSPS) is 19.5. The van der Waals surface area contributed by atoms with Gasteiger partial charge in [-0.25, -0.2) is 0 Å². The van der Waals surface area contributed by atoms with E-state index >= 15 is 0 Å². The van der Waals surface area contributed by atoms with Gasteiger partial charge in [-0.05, 0) is 36.5 Å². The zero-order valence-electron chi connectivity index (χ0n) is 16.7. The summed E-state index contributed by atoms with van der Waals surface area (Å²) in [6.45, 7) is 5.89. The minimum Gasteiger partial charge on any atom is -0.341 e. The molecule has 0 spiro atoms. The van der Waals surface area contributed by atoms with E-state index in [0.717, 1.165) is 42.8 Å². The average molecular weight is 377 g/mol. The molecule has 0 aliphatic carbocycles. The van der Waals surface area contributed by atoms with E-state index in [1.165, 1.54) is 0 Å². The van der Waals surface area contributed by atoms with Gasteiger partial charge in [-0.2, -0.15) is 0 Å². The number of fused-ring (bicyclic) bond motifs is 1. The SMILES string of the molecule is CCC(C)C(C(=O)N1CCCC(c2nnc3ccccn23)C1)c1ccccc1. The minimum absolute atomic E-state index is 0.0832. The zero-order valence-corrected chi connectivity index (χ0v) is 16.7. The number of hydrogen-bond acceptors (Lipinski definition) is 3. The number of likely N-dealkylation sites (tertiary alicyclic amines) is 1. The van der Waals surface area contributed by atoms with Crippen LogP contribution in [-0.4, -0.2) is 38.5 Å². The molecule has 1 amide bonds. The number of piperidine rings is 1. The highest BCUT2D eigenvalue weighted by Crippen LogP contribution is 2.33. The minimum atomic E-state index is -0.0832. The van der Waals surface area contributed by atoms with Crippen molar-refractivity contribution in [2.24, 2.45) is 5.92 Å². The average Bonchev–Trinajstić information content (AvgIpc) is 3.19. The highest BCUT2D eigenvalue weighted by Gasteiger charge is 2.34. The number of rotatable bonds is 5. The van der Waals surface area contributed by atoms with Gasteiger partial charge in [-0.15, -0.1) is 10.2 Å². The molecule has 0 saturated carbocycles. The molecule has 5 nitrogen and oxygen atoms in total. The number of carbonyl (C=O) groups excluding carboxylic acids is 1. The third kappa shape index (κ3) is 3.53. The van der Waals surface area contributed by atoms with Gasteiger partial charge in [0.25, 0.3) is 0 Å². The highest BCUT2D eigenvalue weighted by molar-refractivity contribution is 5.84. The summed E-state index contributed by atoms with van der Waals surface area (Å²) < 4.78 is 2.06. The second-order valence-corrected chi connectivity index (χ2v) is 7.88. The van der Waals surface area contributed by atoms with Crippen LogP contribution in [0.2, 0.25) is 0 Å². The standard InChI is InChI=1S/C23H28N4O/c1-3-17(2)21(18-10-5-4-6-11-18)23(28)26-14-9-12-19(16-26)22-25-24-20-13-7-8-15-27(20)22/h4-8,10-11,13,15,17,19,21H,3,9,12,14,16H2,1-2H3. The van der Waals surface area contributed by atoms with E-state index in [0.29, 0.717) is 12.5 Å². The van der Waals surface area contributed by atoms with Gasteiger partial charge in [-0.1, -0.05) is 56.7 Å². The van der Waals surface area contributed by atoms with Crippen molar-refractivity contribution in [1.82, 2.24) is 19.5 Å². The summed E-state index contributed by atoms with van der Waals surface area (Å²) in [6.07, 6.45) is 5.04. The molecule has 5 heteroatoms. The fourth-order valence-electron chi connectivity index (χ4n) is 4.33. The lowest BCUT2D eigenvalue weighted by atomic mass is 9.83. The molecule has 3 unspecified atom stereocenters. The molecule has 146 valence electrons. The summed E-state index contributed by atoms with van der Waals surface area (Å²) in [7, 11) is 0.